The lowest BCUT2D eigenvalue weighted by Crippen LogP contribution is -2.37. The Morgan fingerprint density at radius 1 is 1.43 bits per heavy atom. The number of halogens is 1. The molecule has 1 aromatic heterocycles. The van der Waals surface area contributed by atoms with Crippen LogP contribution in [0.2, 0.25) is 0 Å². The van der Waals surface area contributed by atoms with Crippen LogP contribution in [0.1, 0.15) is 44.9 Å². The van der Waals surface area contributed by atoms with Crippen molar-refractivity contribution in [1.82, 2.24) is 14.3 Å². The monoisotopic (exact) mass is 377 g/mol. The summed E-state index contributed by atoms with van der Waals surface area (Å²) in [5.74, 6) is 0.744. The van der Waals surface area contributed by atoms with Crippen molar-refractivity contribution in [1.29, 1.82) is 0 Å². The largest absolute Gasteiger partial charge is 0.334 e. The van der Waals surface area contributed by atoms with Gasteiger partial charge in [0.1, 0.15) is 5.82 Å². The molecule has 5 nitrogen and oxygen atoms in total. The van der Waals surface area contributed by atoms with Gasteiger partial charge in [0.15, 0.2) is 5.03 Å². The molecule has 2 rings (SSSR count). The number of aromatic nitrogens is 2. The topological polar surface area (TPSA) is 64.0 Å². The number of hydrogen-bond acceptors (Lipinski definition) is 3. The van der Waals surface area contributed by atoms with Gasteiger partial charge in [-0.3, -0.25) is 0 Å². The third kappa shape index (κ3) is 3.87. The summed E-state index contributed by atoms with van der Waals surface area (Å²) in [6, 6.07) is 0. The number of rotatable bonds is 7. The molecule has 0 bridgehead atoms. The molecule has 0 aliphatic heterocycles. The number of alkyl halides is 1. The van der Waals surface area contributed by atoms with Crippen LogP contribution < -0.4 is 4.72 Å². The normalized spacial score (nSPS) is 18.2. The van der Waals surface area contributed by atoms with Gasteiger partial charge in [0, 0.05) is 24.6 Å². The van der Waals surface area contributed by atoms with Crippen molar-refractivity contribution in [3.8, 4) is 0 Å². The number of nitrogens with zero attached hydrogens (tertiary/aromatic N) is 2. The zero-order valence-corrected chi connectivity index (χ0v) is 15.1. The Kier molecular flexibility index (Phi) is 5.48. The standard InChI is InChI=1S/C14H24BrN3O2S/c1-3-8-18-9-13(17-12(18)2)21(19,20)16-11-14(10-15)6-4-5-7-14/h9,16H,3-8,10-11H2,1-2H3. The first kappa shape index (κ1) is 17.0. The number of hydrogen-bond donors (Lipinski definition) is 1. The zero-order chi connectivity index (χ0) is 15.5. The molecule has 1 N–H and O–H groups in total. The summed E-state index contributed by atoms with van der Waals surface area (Å²) in [5.41, 5.74) is 0.0636. The van der Waals surface area contributed by atoms with Crippen molar-refractivity contribution >= 4 is 26.0 Å². The minimum atomic E-state index is -3.52. The van der Waals surface area contributed by atoms with Crippen LogP contribution in [0.15, 0.2) is 11.2 Å². The molecule has 1 aliphatic rings. The average molecular weight is 378 g/mol. The third-order valence-electron chi connectivity index (χ3n) is 4.28. The molecule has 0 spiro atoms. The van der Waals surface area contributed by atoms with Crippen LogP contribution in [-0.2, 0) is 16.6 Å². The van der Waals surface area contributed by atoms with E-state index in [0.717, 1.165) is 37.0 Å². The highest BCUT2D eigenvalue weighted by molar-refractivity contribution is 9.09. The van der Waals surface area contributed by atoms with Crippen LogP contribution in [-0.4, -0.2) is 29.8 Å². The quantitative estimate of drug-likeness (QED) is 0.742. The molecule has 1 aliphatic carbocycles. The van der Waals surface area contributed by atoms with Gasteiger partial charge < -0.3 is 4.57 Å². The summed E-state index contributed by atoms with van der Waals surface area (Å²) in [6.45, 7) is 5.18. The second kappa shape index (κ2) is 6.79. The minimum absolute atomic E-state index is 0.0636. The van der Waals surface area contributed by atoms with Gasteiger partial charge in [-0.25, -0.2) is 18.1 Å². The van der Waals surface area contributed by atoms with Crippen molar-refractivity contribution in [3.63, 3.8) is 0 Å². The van der Waals surface area contributed by atoms with Gasteiger partial charge in [-0.15, -0.1) is 0 Å². The molecule has 120 valence electrons. The van der Waals surface area contributed by atoms with Crippen LogP contribution in [0.5, 0.6) is 0 Å². The highest BCUT2D eigenvalue weighted by atomic mass is 79.9. The van der Waals surface area contributed by atoms with E-state index < -0.39 is 10.0 Å². The molecule has 1 heterocycles. The Morgan fingerprint density at radius 2 is 2.10 bits per heavy atom. The van der Waals surface area contributed by atoms with E-state index >= 15 is 0 Å². The van der Waals surface area contributed by atoms with E-state index in [2.05, 4.69) is 32.6 Å². The van der Waals surface area contributed by atoms with Crippen LogP contribution in [0.25, 0.3) is 0 Å². The van der Waals surface area contributed by atoms with E-state index in [9.17, 15) is 8.42 Å². The summed E-state index contributed by atoms with van der Waals surface area (Å²) >= 11 is 3.54. The van der Waals surface area contributed by atoms with Gasteiger partial charge in [0.2, 0.25) is 0 Å². The van der Waals surface area contributed by atoms with Crippen LogP contribution in [0, 0.1) is 12.3 Å². The third-order valence-corrected chi connectivity index (χ3v) is 6.74. The second-order valence-corrected chi connectivity index (χ2v) is 8.26. The van der Waals surface area contributed by atoms with Gasteiger partial charge in [-0.05, 0) is 31.6 Å². The summed E-state index contributed by atoms with van der Waals surface area (Å²) < 4.78 is 29.5. The van der Waals surface area contributed by atoms with Gasteiger partial charge in [0.05, 0.1) is 0 Å². The first-order chi connectivity index (χ1) is 9.92. The SMILES string of the molecule is CCCn1cc(S(=O)(=O)NCC2(CBr)CCCC2)nc1C. The smallest absolute Gasteiger partial charge is 0.259 e. The van der Waals surface area contributed by atoms with Crippen molar-refractivity contribution in [3.05, 3.63) is 12.0 Å². The van der Waals surface area contributed by atoms with E-state index in [1.54, 1.807) is 6.20 Å². The molecular weight excluding hydrogens is 354 g/mol. The molecule has 21 heavy (non-hydrogen) atoms. The molecule has 0 saturated heterocycles. The highest BCUT2D eigenvalue weighted by Crippen LogP contribution is 2.39. The van der Waals surface area contributed by atoms with Gasteiger partial charge in [-0.2, -0.15) is 0 Å². The minimum Gasteiger partial charge on any atom is -0.334 e. The Balaban J connectivity index is 2.09. The Bertz CT molecular complexity index is 577. The number of imidazole rings is 1. The molecule has 7 heteroatoms. The maximum absolute atomic E-state index is 12.4. The summed E-state index contributed by atoms with van der Waals surface area (Å²) in [4.78, 5) is 4.20. The van der Waals surface area contributed by atoms with E-state index in [0.29, 0.717) is 6.54 Å². The zero-order valence-electron chi connectivity index (χ0n) is 12.7. The summed E-state index contributed by atoms with van der Waals surface area (Å²) in [5, 5.41) is 0.974. The van der Waals surface area contributed by atoms with Crippen LogP contribution in [0.3, 0.4) is 0 Å². The van der Waals surface area contributed by atoms with E-state index in [1.807, 2.05) is 11.5 Å². The second-order valence-electron chi connectivity index (χ2n) is 5.99. The molecule has 0 aromatic carbocycles. The van der Waals surface area contributed by atoms with Crippen molar-refractivity contribution in [2.24, 2.45) is 5.41 Å². The first-order valence-electron chi connectivity index (χ1n) is 7.52. The molecule has 0 amide bonds. The van der Waals surface area contributed by atoms with Gasteiger partial charge in [0.25, 0.3) is 10.0 Å². The lowest BCUT2D eigenvalue weighted by atomic mass is 9.89. The number of sulfonamides is 1. The maximum Gasteiger partial charge on any atom is 0.259 e. The van der Waals surface area contributed by atoms with Crippen LogP contribution in [0.4, 0.5) is 0 Å². The number of aryl methyl sites for hydroxylation is 2. The Morgan fingerprint density at radius 3 is 2.67 bits per heavy atom. The molecule has 1 aromatic rings. The Hall–Kier alpha value is -0.400. The van der Waals surface area contributed by atoms with Gasteiger partial charge in [-0.1, -0.05) is 35.7 Å². The fourth-order valence-corrected chi connectivity index (χ4v) is 4.80. The van der Waals surface area contributed by atoms with Crippen molar-refractivity contribution in [2.75, 3.05) is 11.9 Å². The van der Waals surface area contributed by atoms with E-state index in [-0.39, 0.29) is 10.4 Å². The van der Waals surface area contributed by atoms with E-state index in [4.69, 9.17) is 0 Å². The predicted molar refractivity (Wildman–Crippen MR) is 87.1 cm³/mol. The summed E-state index contributed by atoms with van der Waals surface area (Å²) in [7, 11) is -3.52. The molecule has 0 unspecified atom stereocenters. The summed E-state index contributed by atoms with van der Waals surface area (Å²) in [6.07, 6.45) is 7.09. The Labute approximate surface area is 135 Å². The average Bonchev–Trinajstić information content (AvgIpc) is 3.06. The lowest BCUT2D eigenvalue weighted by molar-refractivity contribution is 0.347. The van der Waals surface area contributed by atoms with Crippen molar-refractivity contribution in [2.45, 2.75) is 57.5 Å². The van der Waals surface area contributed by atoms with E-state index in [1.165, 1.54) is 12.8 Å². The number of nitrogens with one attached hydrogen (secondary N) is 1. The maximum atomic E-state index is 12.4. The fraction of sp³-hybridized carbons (Fsp3) is 0.786. The predicted octanol–water partition coefficient (Wildman–Crippen LogP) is 2.84. The molecule has 0 atom stereocenters. The molecule has 1 fully saturated rings. The highest BCUT2D eigenvalue weighted by Gasteiger charge is 2.34. The lowest BCUT2D eigenvalue weighted by Gasteiger charge is -2.26. The fourth-order valence-electron chi connectivity index (χ4n) is 2.88. The van der Waals surface area contributed by atoms with Crippen LogP contribution >= 0.6 is 15.9 Å². The first-order valence-corrected chi connectivity index (χ1v) is 10.1. The molecule has 0 radical (unpaired) electrons. The van der Waals surface area contributed by atoms with Gasteiger partial charge >= 0.3 is 0 Å². The molecular formula is C14H24BrN3O2S. The molecule has 1 saturated carbocycles. The van der Waals surface area contributed by atoms with Crippen molar-refractivity contribution < 1.29 is 8.42 Å².